The number of rotatable bonds is 8. The second kappa shape index (κ2) is 10.9. The van der Waals surface area contributed by atoms with Crippen LogP contribution >= 0.6 is 23.2 Å². The average molecular weight is 532 g/mol. The molecule has 0 aliphatic rings. The molecule has 0 saturated carbocycles. The van der Waals surface area contributed by atoms with Gasteiger partial charge in [-0.3, -0.25) is 13.9 Å². The molecular formula is C23H28Cl2FN3O4S. The van der Waals surface area contributed by atoms with Crippen LogP contribution in [0.5, 0.6) is 0 Å². The SMILES string of the molecule is C[C@H](C(=O)NC(C)(C)C)N(Cc1ccccc1F)C(=O)CN(c1ccc(Cl)c(Cl)c1)S(C)(=O)=O. The van der Waals surface area contributed by atoms with E-state index in [1.807, 2.05) is 0 Å². The molecule has 0 unspecified atom stereocenters. The Hall–Kier alpha value is -2.36. The lowest BCUT2D eigenvalue weighted by Crippen LogP contribution is -2.54. The second-order valence-corrected chi connectivity index (χ2v) is 11.6. The summed E-state index contributed by atoms with van der Waals surface area (Å²) in [5.41, 5.74) is -0.258. The molecule has 7 nitrogen and oxygen atoms in total. The summed E-state index contributed by atoms with van der Waals surface area (Å²) in [7, 11) is -3.92. The van der Waals surface area contributed by atoms with Crippen molar-refractivity contribution in [2.45, 2.75) is 45.8 Å². The third kappa shape index (κ3) is 7.58. The van der Waals surface area contributed by atoms with Crippen LogP contribution in [0.2, 0.25) is 10.0 Å². The van der Waals surface area contributed by atoms with E-state index in [9.17, 15) is 22.4 Å². The van der Waals surface area contributed by atoms with Crippen LogP contribution in [0, 0.1) is 5.82 Å². The molecule has 186 valence electrons. The molecule has 0 aromatic heterocycles. The van der Waals surface area contributed by atoms with Gasteiger partial charge in [-0.2, -0.15) is 0 Å². The number of nitrogens with one attached hydrogen (secondary N) is 1. The number of amides is 2. The van der Waals surface area contributed by atoms with E-state index >= 15 is 0 Å². The maximum absolute atomic E-state index is 14.4. The minimum Gasteiger partial charge on any atom is -0.350 e. The lowest BCUT2D eigenvalue weighted by Gasteiger charge is -2.33. The zero-order valence-electron chi connectivity index (χ0n) is 19.6. The molecule has 0 aliphatic heterocycles. The molecule has 0 fully saturated rings. The zero-order chi connectivity index (χ0) is 25.8. The molecule has 0 spiro atoms. The zero-order valence-corrected chi connectivity index (χ0v) is 21.9. The van der Waals surface area contributed by atoms with E-state index in [0.29, 0.717) is 0 Å². The summed E-state index contributed by atoms with van der Waals surface area (Å²) < 4.78 is 40.3. The highest BCUT2D eigenvalue weighted by Crippen LogP contribution is 2.28. The summed E-state index contributed by atoms with van der Waals surface area (Å²) in [6.45, 7) is 6.01. The molecule has 34 heavy (non-hydrogen) atoms. The van der Waals surface area contributed by atoms with E-state index < -0.39 is 45.8 Å². The van der Waals surface area contributed by atoms with Crippen molar-refractivity contribution < 1.29 is 22.4 Å². The van der Waals surface area contributed by atoms with Crippen molar-refractivity contribution in [2.24, 2.45) is 0 Å². The van der Waals surface area contributed by atoms with Crippen LogP contribution in [0.1, 0.15) is 33.3 Å². The Balaban J connectivity index is 2.44. The number of benzene rings is 2. The van der Waals surface area contributed by atoms with Crippen molar-refractivity contribution in [3.05, 3.63) is 63.9 Å². The molecule has 0 heterocycles. The van der Waals surface area contributed by atoms with E-state index in [4.69, 9.17) is 23.2 Å². The normalized spacial score (nSPS) is 12.7. The van der Waals surface area contributed by atoms with Crippen molar-refractivity contribution in [3.8, 4) is 0 Å². The van der Waals surface area contributed by atoms with Gasteiger partial charge < -0.3 is 10.2 Å². The number of sulfonamides is 1. The molecule has 0 radical (unpaired) electrons. The molecule has 1 N–H and O–H groups in total. The summed E-state index contributed by atoms with van der Waals surface area (Å²) in [6.07, 6.45) is 0.944. The van der Waals surface area contributed by atoms with Crippen LogP contribution in [0.25, 0.3) is 0 Å². The fourth-order valence-corrected chi connectivity index (χ4v) is 4.25. The molecule has 0 aliphatic carbocycles. The van der Waals surface area contributed by atoms with Gasteiger partial charge in [0.2, 0.25) is 21.8 Å². The third-order valence-electron chi connectivity index (χ3n) is 4.83. The topological polar surface area (TPSA) is 86.8 Å². The van der Waals surface area contributed by atoms with Crippen LogP contribution in [-0.2, 0) is 26.2 Å². The smallest absolute Gasteiger partial charge is 0.244 e. The predicted octanol–water partition coefficient (Wildman–Crippen LogP) is 4.23. The van der Waals surface area contributed by atoms with Gasteiger partial charge in [0.15, 0.2) is 0 Å². The Morgan fingerprint density at radius 1 is 1.09 bits per heavy atom. The number of halogens is 3. The maximum Gasteiger partial charge on any atom is 0.244 e. The average Bonchev–Trinajstić information content (AvgIpc) is 2.70. The molecule has 0 saturated heterocycles. The Morgan fingerprint density at radius 3 is 2.24 bits per heavy atom. The first-order valence-electron chi connectivity index (χ1n) is 10.4. The molecule has 2 amide bonds. The highest BCUT2D eigenvalue weighted by molar-refractivity contribution is 7.92. The molecular weight excluding hydrogens is 504 g/mol. The Kier molecular flexibility index (Phi) is 8.96. The van der Waals surface area contributed by atoms with E-state index in [0.717, 1.165) is 15.5 Å². The highest BCUT2D eigenvalue weighted by Gasteiger charge is 2.32. The summed E-state index contributed by atoms with van der Waals surface area (Å²) >= 11 is 12.0. The first-order chi connectivity index (χ1) is 15.6. The van der Waals surface area contributed by atoms with E-state index in [-0.39, 0.29) is 27.8 Å². The first kappa shape index (κ1) is 27.9. The number of hydrogen-bond donors (Lipinski definition) is 1. The van der Waals surface area contributed by atoms with Crippen LogP contribution in [0.4, 0.5) is 10.1 Å². The minimum atomic E-state index is -3.92. The molecule has 2 aromatic rings. The minimum absolute atomic E-state index is 0.112. The van der Waals surface area contributed by atoms with Gasteiger partial charge in [0, 0.05) is 17.6 Å². The number of hydrogen-bond acceptors (Lipinski definition) is 4. The first-order valence-corrected chi connectivity index (χ1v) is 13.0. The lowest BCUT2D eigenvalue weighted by atomic mass is 10.1. The van der Waals surface area contributed by atoms with E-state index in [1.165, 1.54) is 43.3 Å². The van der Waals surface area contributed by atoms with Gasteiger partial charge in [-0.25, -0.2) is 12.8 Å². The van der Waals surface area contributed by atoms with Crippen LogP contribution in [-0.4, -0.2) is 49.5 Å². The number of carbonyl (C=O) groups excluding carboxylic acids is 2. The van der Waals surface area contributed by atoms with E-state index in [2.05, 4.69) is 5.32 Å². The van der Waals surface area contributed by atoms with Crippen LogP contribution in [0.15, 0.2) is 42.5 Å². The largest absolute Gasteiger partial charge is 0.350 e. The fraction of sp³-hybridized carbons (Fsp3) is 0.391. The Morgan fingerprint density at radius 2 is 1.71 bits per heavy atom. The standard InChI is InChI=1S/C23H28Cl2FN3O4S/c1-15(22(31)27-23(2,3)4)28(13-16-8-6-7-9-20(16)26)21(30)14-29(34(5,32)33)17-10-11-18(24)19(25)12-17/h6-12,15H,13-14H2,1-5H3,(H,27,31)/t15-/m1/s1. The van der Waals surface area contributed by atoms with Gasteiger partial charge in [0.25, 0.3) is 0 Å². The van der Waals surface area contributed by atoms with Gasteiger partial charge >= 0.3 is 0 Å². The number of carbonyl (C=O) groups is 2. The third-order valence-corrected chi connectivity index (χ3v) is 6.71. The monoisotopic (exact) mass is 531 g/mol. The van der Waals surface area contributed by atoms with Gasteiger partial charge in [0.1, 0.15) is 18.4 Å². The highest BCUT2D eigenvalue weighted by atomic mass is 35.5. The van der Waals surface area contributed by atoms with Crippen LogP contribution < -0.4 is 9.62 Å². The summed E-state index contributed by atoms with van der Waals surface area (Å²) in [5, 5.41) is 3.13. The maximum atomic E-state index is 14.4. The number of nitrogens with zero attached hydrogens (tertiary/aromatic N) is 2. The van der Waals surface area contributed by atoms with Gasteiger partial charge in [0.05, 0.1) is 22.0 Å². The van der Waals surface area contributed by atoms with Crippen molar-refractivity contribution in [2.75, 3.05) is 17.1 Å². The molecule has 2 aromatic carbocycles. The second-order valence-electron chi connectivity index (χ2n) is 8.90. The van der Waals surface area contributed by atoms with Crippen molar-refractivity contribution in [1.82, 2.24) is 10.2 Å². The number of anilines is 1. The van der Waals surface area contributed by atoms with E-state index in [1.54, 1.807) is 26.8 Å². The summed E-state index contributed by atoms with van der Waals surface area (Å²) in [6, 6.07) is 9.01. The molecule has 2 rings (SSSR count). The summed E-state index contributed by atoms with van der Waals surface area (Å²) in [5.74, 6) is -1.71. The Bertz CT molecular complexity index is 1170. The molecule has 11 heteroatoms. The summed E-state index contributed by atoms with van der Waals surface area (Å²) in [4.78, 5) is 27.4. The molecule has 0 bridgehead atoms. The van der Waals surface area contributed by atoms with Crippen molar-refractivity contribution in [1.29, 1.82) is 0 Å². The fourth-order valence-electron chi connectivity index (χ4n) is 3.12. The lowest BCUT2D eigenvalue weighted by molar-refractivity contribution is -0.140. The molecule has 1 atom stereocenters. The van der Waals surface area contributed by atoms with Gasteiger partial charge in [-0.05, 0) is 52.0 Å². The Labute approximate surface area is 209 Å². The van der Waals surface area contributed by atoms with Crippen LogP contribution in [0.3, 0.4) is 0 Å². The predicted molar refractivity (Wildman–Crippen MR) is 133 cm³/mol. The van der Waals surface area contributed by atoms with Gasteiger partial charge in [-0.1, -0.05) is 41.4 Å². The van der Waals surface area contributed by atoms with Crippen molar-refractivity contribution in [3.63, 3.8) is 0 Å². The quantitative estimate of drug-likeness (QED) is 0.552. The van der Waals surface area contributed by atoms with Gasteiger partial charge in [-0.15, -0.1) is 0 Å². The van der Waals surface area contributed by atoms with Crippen molar-refractivity contribution >= 4 is 50.7 Å².